The maximum atomic E-state index is 14.5. The molecule has 0 saturated carbocycles. The first-order valence-corrected chi connectivity index (χ1v) is 10.8. The number of aliphatic hydroxyl groups is 1. The highest BCUT2D eigenvalue weighted by atomic mass is 19.3. The van der Waals surface area contributed by atoms with Crippen LogP contribution < -0.4 is 4.90 Å². The molecule has 12 heteroatoms. The Labute approximate surface area is 191 Å². The topological polar surface area (TPSA) is 95.2 Å². The van der Waals surface area contributed by atoms with E-state index in [0.717, 1.165) is 18.6 Å². The van der Waals surface area contributed by atoms with E-state index in [0.29, 0.717) is 30.0 Å². The molecule has 2 atom stereocenters. The van der Waals surface area contributed by atoms with E-state index in [9.17, 15) is 22.7 Å². The lowest BCUT2D eigenvalue weighted by atomic mass is 10.0. The molecule has 4 aromatic rings. The van der Waals surface area contributed by atoms with Crippen LogP contribution in [0.4, 0.5) is 23.4 Å². The summed E-state index contributed by atoms with van der Waals surface area (Å²) in [5.41, 5.74) is 0.870. The third-order valence-corrected chi connectivity index (χ3v) is 6.07. The molecule has 1 saturated heterocycles. The maximum Gasteiger partial charge on any atom is 0.331 e. The predicted octanol–water partition coefficient (Wildman–Crippen LogP) is 4.00. The number of nitrogens with one attached hydrogen (secondary N) is 1. The second kappa shape index (κ2) is 8.35. The molecule has 8 nitrogen and oxygen atoms in total. The molecule has 1 aromatic carbocycles. The Kier molecular flexibility index (Phi) is 5.47. The Morgan fingerprint density at radius 2 is 2.06 bits per heavy atom. The number of fused-ring (bicyclic) bond motifs is 1. The van der Waals surface area contributed by atoms with Gasteiger partial charge in [-0.2, -0.15) is 19.0 Å². The monoisotopic (exact) mass is 475 g/mol. The molecular formula is C22H21F4N7O. The first-order chi connectivity index (χ1) is 16.3. The first kappa shape index (κ1) is 22.3. The molecule has 0 aliphatic carbocycles. The van der Waals surface area contributed by atoms with Crippen molar-refractivity contribution in [1.82, 2.24) is 29.8 Å². The second-order valence-corrected chi connectivity index (χ2v) is 8.18. The van der Waals surface area contributed by atoms with E-state index in [1.54, 1.807) is 12.3 Å². The van der Waals surface area contributed by atoms with Gasteiger partial charge in [-0.1, -0.05) is 6.92 Å². The fourth-order valence-corrected chi connectivity index (χ4v) is 4.26. The molecule has 2 N–H and O–H groups in total. The van der Waals surface area contributed by atoms with Crippen molar-refractivity contribution in [3.63, 3.8) is 0 Å². The summed E-state index contributed by atoms with van der Waals surface area (Å²) in [6, 6.07) is 4.69. The van der Waals surface area contributed by atoms with Crippen molar-refractivity contribution >= 4 is 11.5 Å². The van der Waals surface area contributed by atoms with Crippen molar-refractivity contribution in [2.75, 3.05) is 11.4 Å². The fraction of sp³-hybridized carbons (Fsp3) is 0.364. The molecule has 3 aromatic heterocycles. The highest BCUT2D eigenvalue weighted by Gasteiger charge is 2.43. The predicted molar refractivity (Wildman–Crippen MR) is 114 cm³/mol. The number of aromatic amines is 1. The number of hydrogen-bond acceptors (Lipinski definition) is 6. The van der Waals surface area contributed by atoms with E-state index < -0.39 is 35.5 Å². The molecule has 1 aliphatic heterocycles. The average Bonchev–Trinajstić information content (AvgIpc) is 3.58. The number of rotatable bonds is 6. The summed E-state index contributed by atoms with van der Waals surface area (Å²) >= 11 is 0. The second-order valence-electron chi connectivity index (χ2n) is 8.18. The molecule has 1 aliphatic rings. The van der Waals surface area contributed by atoms with Gasteiger partial charge in [-0.3, -0.25) is 5.10 Å². The number of hydrogen-bond donors (Lipinski definition) is 2. The zero-order chi connectivity index (χ0) is 24.0. The van der Waals surface area contributed by atoms with Gasteiger partial charge in [0.25, 0.3) is 0 Å². The maximum absolute atomic E-state index is 14.5. The summed E-state index contributed by atoms with van der Waals surface area (Å²) in [6.45, 7) is 2.02. The summed E-state index contributed by atoms with van der Waals surface area (Å²) in [5.74, 6) is -4.91. The van der Waals surface area contributed by atoms with Crippen LogP contribution in [0.25, 0.3) is 17.0 Å². The van der Waals surface area contributed by atoms with Crippen LogP contribution in [-0.2, 0) is 5.92 Å². The lowest BCUT2D eigenvalue weighted by Crippen LogP contribution is -2.31. The Bertz CT molecular complexity index is 1340. The molecule has 0 spiro atoms. The van der Waals surface area contributed by atoms with E-state index in [-0.39, 0.29) is 17.8 Å². The number of nitrogens with zero attached hydrogens (tertiary/aromatic N) is 6. The third-order valence-electron chi connectivity index (χ3n) is 6.07. The standard InChI is InChI=1S/C22H21F4N7O/c1-2-17(34)22(25,26)21-29-19(30-31-21)14-11-27-33-9-7-18(28-20(14)33)32-8-3-4-16(32)13-10-12(23)5-6-15(13)24/h5-7,9-11,16-17,34H,2-4,8H2,1H3,(H,29,30,31)/t16-,17?/m1/s1. The molecular weight excluding hydrogens is 454 g/mol. The van der Waals surface area contributed by atoms with Gasteiger partial charge < -0.3 is 10.0 Å². The molecule has 178 valence electrons. The summed E-state index contributed by atoms with van der Waals surface area (Å²) in [5, 5.41) is 19.9. The van der Waals surface area contributed by atoms with Gasteiger partial charge in [0.05, 0.1) is 17.8 Å². The number of anilines is 1. The summed E-state index contributed by atoms with van der Waals surface area (Å²) in [7, 11) is 0. The number of halogens is 4. The van der Waals surface area contributed by atoms with Crippen LogP contribution in [0.15, 0.2) is 36.7 Å². The summed E-state index contributed by atoms with van der Waals surface area (Å²) < 4.78 is 58.4. The van der Waals surface area contributed by atoms with E-state index in [1.165, 1.54) is 23.7 Å². The third kappa shape index (κ3) is 3.67. The van der Waals surface area contributed by atoms with E-state index >= 15 is 0 Å². The Morgan fingerprint density at radius 1 is 1.24 bits per heavy atom. The molecule has 1 fully saturated rings. The molecule has 34 heavy (non-hydrogen) atoms. The molecule has 4 heterocycles. The zero-order valence-electron chi connectivity index (χ0n) is 18.1. The average molecular weight is 475 g/mol. The zero-order valence-corrected chi connectivity index (χ0v) is 18.1. The normalized spacial score (nSPS) is 17.6. The van der Waals surface area contributed by atoms with Crippen LogP contribution in [0, 0.1) is 11.6 Å². The van der Waals surface area contributed by atoms with Gasteiger partial charge in [0.1, 0.15) is 23.6 Å². The minimum Gasteiger partial charge on any atom is -0.386 e. The first-order valence-electron chi connectivity index (χ1n) is 10.8. The largest absolute Gasteiger partial charge is 0.386 e. The van der Waals surface area contributed by atoms with Crippen molar-refractivity contribution in [2.45, 2.75) is 44.3 Å². The number of alkyl halides is 2. The SMILES string of the molecule is CCC(O)C(F)(F)c1nc(-c2cnn3ccc(N4CCC[C@@H]4c4cc(F)ccc4F)nc23)n[nH]1. The van der Waals surface area contributed by atoms with Crippen molar-refractivity contribution in [2.24, 2.45) is 0 Å². The van der Waals surface area contributed by atoms with Crippen LogP contribution in [0.3, 0.4) is 0 Å². The number of H-pyrrole nitrogens is 1. The molecule has 0 radical (unpaired) electrons. The van der Waals surface area contributed by atoms with Gasteiger partial charge in [-0.05, 0) is 43.5 Å². The fourth-order valence-electron chi connectivity index (χ4n) is 4.26. The van der Waals surface area contributed by atoms with E-state index in [4.69, 9.17) is 0 Å². The molecule has 0 amide bonds. The van der Waals surface area contributed by atoms with Gasteiger partial charge in [-0.25, -0.2) is 23.3 Å². The quantitative estimate of drug-likeness (QED) is 0.410. The van der Waals surface area contributed by atoms with E-state index in [1.807, 2.05) is 4.90 Å². The van der Waals surface area contributed by atoms with Crippen LogP contribution in [-0.4, -0.2) is 47.5 Å². The Morgan fingerprint density at radius 3 is 2.85 bits per heavy atom. The number of aromatic nitrogens is 6. The minimum atomic E-state index is -3.60. The van der Waals surface area contributed by atoms with Gasteiger partial charge >= 0.3 is 5.92 Å². The highest BCUT2D eigenvalue weighted by molar-refractivity contribution is 5.73. The van der Waals surface area contributed by atoms with Gasteiger partial charge in [0.15, 0.2) is 17.3 Å². The molecule has 0 bridgehead atoms. The lowest BCUT2D eigenvalue weighted by Gasteiger charge is -2.26. The summed E-state index contributed by atoms with van der Waals surface area (Å²) in [6.07, 6.45) is 2.37. The van der Waals surface area contributed by atoms with Crippen molar-refractivity contribution in [3.8, 4) is 11.4 Å². The summed E-state index contributed by atoms with van der Waals surface area (Å²) in [4.78, 5) is 10.4. The van der Waals surface area contributed by atoms with Crippen molar-refractivity contribution < 1.29 is 22.7 Å². The van der Waals surface area contributed by atoms with Crippen molar-refractivity contribution in [1.29, 1.82) is 0 Å². The molecule has 5 rings (SSSR count). The van der Waals surface area contributed by atoms with Crippen LogP contribution in [0.1, 0.15) is 43.6 Å². The molecule has 1 unspecified atom stereocenters. The number of benzene rings is 1. The van der Waals surface area contributed by atoms with Gasteiger partial charge in [0.2, 0.25) is 0 Å². The van der Waals surface area contributed by atoms with E-state index in [2.05, 4.69) is 25.3 Å². The van der Waals surface area contributed by atoms with Crippen LogP contribution >= 0.6 is 0 Å². The van der Waals surface area contributed by atoms with Crippen LogP contribution in [0.2, 0.25) is 0 Å². The Balaban J connectivity index is 1.51. The lowest BCUT2D eigenvalue weighted by molar-refractivity contribution is -0.121. The van der Waals surface area contributed by atoms with Gasteiger partial charge in [-0.15, -0.1) is 0 Å². The highest BCUT2D eigenvalue weighted by Crippen LogP contribution is 2.37. The smallest absolute Gasteiger partial charge is 0.331 e. The van der Waals surface area contributed by atoms with Crippen molar-refractivity contribution in [3.05, 3.63) is 59.7 Å². The van der Waals surface area contributed by atoms with Crippen LogP contribution in [0.5, 0.6) is 0 Å². The van der Waals surface area contributed by atoms with Gasteiger partial charge in [0, 0.05) is 18.3 Å². The Hall–Kier alpha value is -3.54. The minimum absolute atomic E-state index is 0.0493. The number of aliphatic hydroxyl groups excluding tert-OH is 1.